The molecule has 6 heteroatoms. The number of benzene rings is 1. The number of anilines is 1. The fraction of sp³-hybridized carbons (Fsp3) is 0.611. The van der Waals surface area contributed by atoms with E-state index in [1.165, 1.54) is 0 Å². The summed E-state index contributed by atoms with van der Waals surface area (Å²) in [6, 6.07) is 5.99. The topological polar surface area (TPSA) is 48.0 Å². The van der Waals surface area contributed by atoms with E-state index in [1.807, 2.05) is 66.7 Å². The zero-order valence-electron chi connectivity index (χ0n) is 15.6. The first-order valence-corrected chi connectivity index (χ1v) is 8.39. The Kier molecular flexibility index (Phi) is 3.77. The predicted molar refractivity (Wildman–Crippen MR) is 94.6 cm³/mol. The Morgan fingerprint density at radius 1 is 1.17 bits per heavy atom. The minimum Gasteiger partial charge on any atom is -0.443 e. The van der Waals surface area contributed by atoms with E-state index < -0.39 is 12.7 Å². The van der Waals surface area contributed by atoms with Crippen molar-refractivity contribution in [3.63, 3.8) is 0 Å². The first-order valence-electron chi connectivity index (χ1n) is 8.39. The predicted octanol–water partition coefficient (Wildman–Crippen LogP) is 3.24. The molecule has 0 aromatic heterocycles. The van der Waals surface area contributed by atoms with Crippen molar-refractivity contribution in [2.75, 3.05) is 4.90 Å². The van der Waals surface area contributed by atoms with Gasteiger partial charge in [-0.05, 0) is 65.6 Å². The van der Waals surface area contributed by atoms with Gasteiger partial charge in [0.15, 0.2) is 0 Å². The van der Waals surface area contributed by atoms with Gasteiger partial charge in [0.1, 0.15) is 5.60 Å². The van der Waals surface area contributed by atoms with Crippen LogP contribution < -0.4 is 10.4 Å². The number of fused-ring (bicyclic) bond motifs is 1. The van der Waals surface area contributed by atoms with Gasteiger partial charge in [-0.25, -0.2) is 4.79 Å². The molecule has 0 radical (unpaired) electrons. The Morgan fingerprint density at radius 2 is 1.75 bits per heavy atom. The van der Waals surface area contributed by atoms with Gasteiger partial charge in [-0.2, -0.15) is 0 Å². The summed E-state index contributed by atoms with van der Waals surface area (Å²) in [5, 5.41) is 0. The Hall–Kier alpha value is -1.53. The fourth-order valence-electron chi connectivity index (χ4n) is 2.74. The van der Waals surface area contributed by atoms with Gasteiger partial charge >= 0.3 is 13.2 Å². The van der Waals surface area contributed by atoms with E-state index in [-0.39, 0.29) is 17.3 Å². The number of ether oxygens (including phenoxy) is 1. The molecule has 1 fully saturated rings. The quantitative estimate of drug-likeness (QED) is 0.741. The highest BCUT2D eigenvalue weighted by Gasteiger charge is 2.52. The Bertz CT molecular complexity index is 662. The van der Waals surface area contributed by atoms with Crippen molar-refractivity contribution >= 4 is 24.4 Å². The molecule has 0 atom stereocenters. The average molecular weight is 331 g/mol. The van der Waals surface area contributed by atoms with Gasteiger partial charge in [-0.3, -0.25) is 4.90 Å². The molecule has 1 amide bonds. The first kappa shape index (κ1) is 17.3. The van der Waals surface area contributed by atoms with Crippen LogP contribution in [-0.2, 0) is 20.6 Å². The summed E-state index contributed by atoms with van der Waals surface area (Å²) in [4.78, 5) is 13.9. The number of rotatable bonds is 1. The minimum absolute atomic E-state index is 0.318. The molecule has 1 saturated heterocycles. The van der Waals surface area contributed by atoms with Gasteiger partial charge in [0.05, 0.1) is 23.4 Å². The summed E-state index contributed by atoms with van der Waals surface area (Å²) in [5.41, 5.74) is 1.64. The van der Waals surface area contributed by atoms with Crippen molar-refractivity contribution < 1.29 is 18.8 Å². The summed E-state index contributed by atoms with van der Waals surface area (Å²) in [7, 11) is -0.429. The minimum atomic E-state index is -0.504. The van der Waals surface area contributed by atoms with Crippen molar-refractivity contribution in [2.24, 2.45) is 0 Å². The third-order valence-corrected chi connectivity index (χ3v) is 4.87. The lowest BCUT2D eigenvalue weighted by molar-refractivity contribution is 0.00578. The molecule has 1 aromatic carbocycles. The van der Waals surface area contributed by atoms with Crippen LogP contribution in [0.5, 0.6) is 0 Å². The molecule has 2 heterocycles. The van der Waals surface area contributed by atoms with Gasteiger partial charge in [-0.15, -0.1) is 0 Å². The molecule has 2 aliphatic heterocycles. The zero-order chi connectivity index (χ0) is 17.9. The molecule has 0 spiro atoms. The molecule has 2 aliphatic rings. The molecule has 24 heavy (non-hydrogen) atoms. The third-order valence-electron chi connectivity index (χ3n) is 4.87. The molecule has 5 nitrogen and oxygen atoms in total. The van der Waals surface area contributed by atoms with Crippen LogP contribution >= 0.6 is 0 Å². The molecule has 0 saturated carbocycles. The first-order chi connectivity index (χ1) is 10.9. The maximum Gasteiger partial charge on any atom is 0.494 e. The molecule has 0 N–H and O–H groups in total. The lowest BCUT2D eigenvalue weighted by atomic mass is 9.77. The highest BCUT2D eigenvalue weighted by molar-refractivity contribution is 6.62. The molecule has 1 aromatic rings. The lowest BCUT2D eigenvalue weighted by Gasteiger charge is -2.36. The number of amides is 1. The monoisotopic (exact) mass is 331 g/mol. The van der Waals surface area contributed by atoms with E-state index in [1.54, 1.807) is 4.90 Å². The highest BCUT2D eigenvalue weighted by atomic mass is 16.7. The summed E-state index contributed by atoms with van der Waals surface area (Å²) >= 11 is 0. The maximum absolute atomic E-state index is 12.3. The molecular formula is C18H26BNO4. The second kappa shape index (κ2) is 5.23. The second-order valence-corrected chi connectivity index (χ2v) is 8.54. The maximum atomic E-state index is 12.3. The highest BCUT2D eigenvalue weighted by Crippen LogP contribution is 2.38. The van der Waals surface area contributed by atoms with Crippen LogP contribution in [-0.4, -0.2) is 30.0 Å². The summed E-state index contributed by atoms with van der Waals surface area (Å²) in [6.45, 7) is 14.3. The Labute approximate surface area is 144 Å². The van der Waals surface area contributed by atoms with Crippen LogP contribution in [0, 0.1) is 0 Å². The second-order valence-electron chi connectivity index (χ2n) is 8.54. The van der Waals surface area contributed by atoms with E-state index >= 15 is 0 Å². The van der Waals surface area contributed by atoms with Crippen molar-refractivity contribution in [2.45, 2.75) is 71.8 Å². The van der Waals surface area contributed by atoms with Crippen LogP contribution in [0.15, 0.2) is 18.2 Å². The molecule has 3 rings (SSSR count). The van der Waals surface area contributed by atoms with Crippen molar-refractivity contribution in [3.05, 3.63) is 23.8 Å². The summed E-state index contributed by atoms with van der Waals surface area (Å²) in [5.74, 6) is 0. The zero-order valence-corrected chi connectivity index (χ0v) is 15.6. The number of nitrogens with zero attached hydrogens (tertiary/aromatic N) is 1. The Balaban J connectivity index is 1.80. The molecule has 130 valence electrons. The standard InChI is InChI=1S/C18H26BNO4/c1-16(2,3)22-15(21)20-11-12-8-9-13(10-14(12)20)19-23-17(4,5)18(6,7)24-19/h8-10H,11H2,1-7H3. The van der Waals surface area contributed by atoms with E-state index in [4.69, 9.17) is 14.0 Å². The van der Waals surface area contributed by atoms with Crippen molar-refractivity contribution in [1.29, 1.82) is 0 Å². The number of hydrogen-bond donors (Lipinski definition) is 0. The third kappa shape index (κ3) is 2.93. The normalized spacial score (nSPS) is 21.3. The average Bonchev–Trinajstić information content (AvgIpc) is 2.57. The van der Waals surface area contributed by atoms with Gasteiger partial charge in [0.2, 0.25) is 0 Å². The number of hydrogen-bond acceptors (Lipinski definition) is 4. The van der Waals surface area contributed by atoms with Crippen LogP contribution in [0.1, 0.15) is 54.0 Å². The molecular weight excluding hydrogens is 305 g/mol. The Morgan fingerprint density at radius 3 is 2.29 bits per heavy atom. The van der Waals surface area contributed by atoms with Crippen LogP contribution in [0.4, 0.5) is 10.5 Å². The van der Waals surface area contributed by atoms with E-state index in [0.717, 1.165) is 16.7 Å². The smallest absolute Gasteiger partial charge is 0.443 e. The lowest BCUT2D eigenvalue weighted by Crippen LogP contribution is -2.44. The molecule has 0 aliphatic carbocycles. The van der Waals surface area contributed by atoms with Gasteiger partial charge in [-0.1, -0.05) is 12.1 Å². The largest absolute Gasteiger partial charge is 0.494 e. The van der Waals surface area contributed by atoms with E-state index in [0.29, 0.717) is 6.54 Å². The van der Waals surface area contributed by atoms with Gasteiger partial charge in [0.25, 0.3) is 0 Å². The van der Waals surface area contributed by atoms with Gasteiger partial charge in [0, 0.05) is 0 Å². The van der Waals surface area contributed by atoms with E-state index in [9.17, 15) is 4.79 Å². The fourth-order valence-corrected chi connectivity index (χ4v) is 2.74. The number of carbonyl (C=O) groups is 1. The van der Waals surface area contributed by atoms with Crippen LogP contribution in [0.3, 0.4) is 0 Å². The summed E-state index contributed by atoms with van der Waals surface area (Å²) < 4.78 is 17.6. The number of carbonyl (C=O) groups excluding carboxylic acids is 1. The SMILES string of the molecule is CC(C)(C)OC(=O)N1Cc2ccc(B3OC(C)(C)C(C)(C)O3)cc21. The van der Waals surface area contributed by atoms with Crippen molar-refractivity contribution in [1.82, 2.24) is 0 Å². The van der Waals surface area contributed by atoms with E-state index in [2.05, 4.69) is 0 Å². The molecule has 0 unspecified atom stereocenters. The molecule has 0 bridgehead atoms. The van der Waals surface area contributed by atoms with Crippen molar-refractivity contribution in [3.8, 4) is 0 Å². The van der Waals surface area contributed by atoms with Gasteiger partial charge < -0.3 is 14.0 Å². The van der Waals surface area contributed by atoms with Crippen LogP contribution in [0.25, 0.3) is 0 Å². The summed E-state index contributed by atoms with van der Waals surface area (Å²) in [6.07, 6.45) is -0.318. The van der Waals surface area contributed by atoms with Crippen LogP contribution in [0.2, 0.25) is 0 Å².